The van der Waals surface area contributed by atoms with Gasteiger partial charge >= 0.3 is 5.97 Å². The van der Waals surface area contributed by atoms with Crippen molar-refractivity contribution in [2.75, 3.05) is 11.9 Å². The van der Waals surface area contributed by atoms with Crippen LogP contribution in [0.1, 0.15) is 48.6 Å². The Morgan fingerprint density at radius 1 is 1.30 bits per heavy atom. The van der Waals surface area contributed by atoms with Crippen molar-refractivity contribution in [2.24, 2.45) is 5.41 Å². The number of hydrogen-bond donors (Lipinski definition) is 5. The molecule has 1 aliphatic heterocycles. The molecule has 5 N–H and O–H groups in total. The van der Waals surface area contributed by atoms with E-state index in [4.69, 9.17) is 11.6 Å². The average molecular weight is 536 g/mol. The van der Waals surface area contributed by atoms with Crippen LogP contribution in [0.2, 0.25) is 5.02 Å². The van der Waals surface area contributed by atoms with Crippen molar-refractivity contribution in [1.82, 2.24) is 20.1 Å². The molecule has 0 bridgehead atoms. The zero-order chi connectivity index (χ0) is 26.9. The van der Waals surface area contributed by atoms with Crippen LogP contribution in [-0.2, 0) is 17.8 Å². The number of likely N-dealkylation sites (tertiary alicyclic amines) is 1. The van der Waals surface area contributed by atoms with Crippen LogP contribution in [0, 0.1) is 24.0 Å². The fraction of sp³-hybridized carbons (Fsp3) is 0.400. The topological polar surface area (TPSA) is 135 Å². The Morgan fingerprint density at radius 2 is 2.05 bits per heavy atom. The van der Waals surface area contributed by atoms with Crippen molar-refractivity contribution >= 4 is 29.2 Å². The van der Waals surface area contributed by atoms with Gasteiger partial charge in [0.15, 0.2) is 17.9 Å². The minimum atomic E-state index is -2.13. The van der Waals surface area contributed by atoms with Gasteiger partial charge in [-0.1, -0.05) is 23.7 Å². The summed E-state index contributed by atoms with van der Waals surface area (Å²) in [4.78, 5) is 18.8. The van der Waals surface area contributed by atoms with Gasteiger partial charge in [0.2, 0.25) is 0 Å². The van der Waals surface area contributed by atoms with E-state index in [1.54, 1.807) is 25.1 Å². The second kappa shape index (κ2) is 10.7. The van der Waals surface area contributed by atoms with Gasteiger partial charge in [0.05, 0.1) is 16.1 Å². The molecule has 1 saturated heterocycles. The number of aromatic nitrogens is 3. The van der Waals surface area contributed by atoms with Gasteiger partial charge in [-0.25, -0.2) is 13.8 Å². The lowest BCUT2D eigenvalue weighted by Crippen LogP contribution is -2.50. The van der Waals surface area contributed by atoms with Gasteiger partial charge in [-0.15, -0.1) is 0 Å². The molecule has 1 fully saturated rings. The van der Waals surface area contributed by atoms with Crippen LogP contribution in [-0.4, -0.2) is 54.0 Å². The van der Waals surface area contributed by atoms with Crippen LogP contribution >= 0.6 is 11.6 Å². The van der Waals surface area contributed by atoms with Crippen molar-refractivity contribution < 1.29 is 28.9 Å². The minimum absolute atomic E-state index is 0.0176. The third-order valence-corrected chi connectivity index (χ3v) is 7.14. The van der Waals surface area contributed by atoms with Gasteiger partial charge in [-0.05, 0) is 45.4 Å². The number of hydrogen-bond acceptors (Lipinski definition) is 7. The predicted octanol–water partition coefficient (Wildman–Crippen LogP) is 4.07. The number of H-pyrrole nitrogens is 1. The van der Waals surface area contributed by atoms with Crippen LogP contribution in [0.4, 0.5) is 20.4 Å². The largest absolute Gasteiger partial charge is 0.481 e. The first-order chi connectivity index (χ1) is 17.5. The smallest absolute Gasteiger partial charge is 0.310 e. The molecule has 3 heterocycles. The van der Waals surface area contributed by atoms with Gasteiger partial charge in [0.25, 0.3) is 0 Å². The van der Waals surface area contributed by atoms with E-state index >= 15 is 4.39 Å². The molecule has 1 aromatic carbocycles. The Bertz CT molecular complexity index is 1300. The van der Waals surface area contributed by atoms with E-state index in [9.17, 15) is 24.5 Å². The van der Waals surface area contributed by atoms with Crippen molar-refractivity contribution in [3.8, 4) is 0 Å². The molecule has 3 aromatic rings. The Hall–Kier alpha value is -3.12. The predicted molar refractivity (Wildman–Crippen MR) is 132 cm³/mol. The molecule has 0 radical (unpaired) electrons. The third kappa shape index (κ3) is 5.74. The second-order valence-corrected chi connectivity index (χ2v) is 9.95. The van der Waals surface area contributed by atoms with E-state index < -0.39 is 34.9 Å². The van der Waals surface area contributed by atoms with Gasteiger partial charge in [-0.3, -0.25) is 14.8 Å². The highest BCUT2D eigenvalue weighted by molar-refractivity contribution is 6.30. The number of aliphatic carboxylic acids is 1. The Balaban J connectivity index is 1.60. The number of nitrogens with zero attached hydrogens (tertiary/aromatic N) is 3. The lowest BCUT2D eigenvalue weighted by molar-refractivity contribution is -0.153. The zero-order valence-corrected chi connectivity index (χ0v) is 21.1. The second-order valence-electron chi connectivity index (χ2n) is 9.54. The highest BCUT2D eigenvalue weighted by atomic mass is 35.5. The molecule has 0 aliphatic carbocycles. The van der Waals surface area contributed by atoms with E-state index in [1.807, 2.05) is 11.8 Å². The number of carboxylic acids is 1. The summed E-state index contributed by atoms with van der Waals surface area (Å²) in [5, 5.41) is 39.4. The molecule has 37 heavy (non-hydrogen) atoms. The quantitative estimate of drug-likeness (QED) is 0.272. The molecule has 0 spiro atoms. The maximum atomic E-state index is 15.3. The van der Waals surface area contributed by atoms with E-state index in [-0.39, 0.29) is 48.4 Å². The van der Waals surface area contributed by atoms with E-state index in [0.717, 1.165) is 11.8 Å². The van der Waals surface area contributed by atoms with Crippen LogP contribution in [0.5, 0.6) is 0 Å². The highest BCUT2D eigenvalue weighted by Gasteiger charge is 2.45. The van der Waals surface area contributed by atoms with Crippen molar-refractivity contribution in [2.45, 2.75) is 52.0 Å². The molecule has 0 saturated carbocycles. The van der Waals surface area contributed by atoms with Crippen molar-refractivity contribution in [3.63, 3.8) is 0 Å². The molecule has 4 rings (SSSR count). The number of anilines is 2. The summed E-state index contributed by atoms with van der Waals surface area (Å²) in [6.07, 6.45) is -2.09. The first kappa shape index (κ1) is 26.9. The first-order valence-electron chi connectivity index (χ1n) is 11.7. The minimum Gasteiger partial charge on any atom is -0.481 e. The van der Waals surface area contributed by atoms with Crippen LogP contribution in [0.15, 0.2) is 30.3 Å². The maximum Gasteiger partial charge on any atom is 0.310 e. The summed E-state index contributed by atoms with van der Waals surface area (Å²) >= 11 is 5.90. The lowest BCUT2D eigenvalue weighted by atomic mass is 9.72. The molecule has 0 amide bonds. The summed E-state index contributed by atoms with van der Waals surface area (Å²) < 4.78 is 29.7. The number of carbonyl (C=O) groups is 1. The standard InChI is InChI=1S/C25H28ClF2N5O4/c1-13-8-20(32-31-13)30-19-9-16(23(34)35)22(28)18(29-19)11-25(24(36)37)6-7-33(14(2)10-25)12-15-4-3-5-17(26)21(15)27/h3-5,8-9,14,23,34-35H,6-7,10-12H2,1-2H3,(H,36,37)(H2,29,30,31,32)/t14-,25-/m1/s1. The Labute approximate surface area is 217 Å². The fourth-order valence-corrected chi connectivity index (χ4v) is 5.03. The van der Waals surface area contributed by atoms with Crippen molar-refractivity contribution in [3.05, 3.63) is 69.5 Å². The number of benzene rings is 1. The van der Waals surface area contributed by atoms with Crippen LogP contribution < -0.4 is 5.32 Å². The average Bonchev–Trinajstić information content (AvgIpc) is 3.24. The molecule has 9 nitrogen and oxygen atoms in total. The number of aliphatic hydroxyl groups is 2. The van der Waals surface area contributed by atoms with E-state index in [0.29, 0.717) is 17.9 Å². The Kier molecular flexibility index (Phi) is 7.79. The van der Waals surface area contributed by atoms with Crippen molar-refractivity contribution in [1.29, 1.82) is 0 Å². The zero-order valence-electron chi connectivity index (χ0n) is 20.3. The van der Waals surface area contributed by atoms with Crippen LogP contribution in [0.3, 0.4) is 0 Å². The summed E-state index contributed by atoms with van der Waals surface area (Å²) in [7, 11) is 0. The SMILES string of the molecule is Cc1cc(Nc2cc(C(O)O)c(F)c(C[C@@]3(C(=O)O)CCN(Cc4cccc(Cl)c4F)[C@H](C)C3)n2)n[nH]1. The molecular formula is C25H28ClF2N5O4. The number of nitrogens with one attached hydrogen (secondary N) is 2. The summed E-state index contributed by atoms with van der Waals surface area (Å²) in [6.45, 7) is 4.19. The molecule has 198 valence electrons. The van der Waals surface area contributed by atoms with Gasteiger partial charge < -0.3 is 20.6 Å². The van der Waals surface area contributed by atoms with Gasteiger partial charge in [0, 0.05) is 41.9 Å². The van der Waals surface area contributed by atoms with E-state index in [1.165, 1.54) is 6.07 Å². The number of rotatable bonds is 8. The molecule has 1 aliphatic rings. The number of aryl methyl sites for hydroxylation is 1. The number of pyridine rings is 1. The lowest BCUT2D eigenvalue weighted by Gasteiger charge is -2.43. The molecule has 12 heteroatoms. The number of carboxylic acid groups (broad SMARTS) is 1. The monoisotopic (exact) mass is 535 g/mol. The maximum absolute atomic E-state index is 15.3. The van der Waals surface area contributed by atoms with Gasteiger partial charge in [0.1, 0.15) is 11.6 Å². The normalized spacial score (nSPS) is 20.4. The summed E-state index contributed by atoms with van der Waals surface area (Å²) in [5.74, 6) is -2.13. The molecule has 2 aromatic heterocycles. The molecule has 0 unspecified atom stereocenters. The molecular weight excluding hydrogens is 508 g/mol. The van der Waals surface area contributed by atoms with Crippen LogP contribution in [0.25, 0.3) is 0 Å². The number of aromatic amines is 1. The first-order valence-corrected chi connectivity index (χ1v) is 12.1. The number of halogens is 3. The number of aliphatic hydroxyl groups excluding tert-OH is 1. The third-order valence-electron chi connectivity index (χ3n) is 6.85. The fourth-order valence-electron chi connectivity index (χ4n) is 4.84. The van der Waals surface area contributed by atoms with E-state index in [2.05, 4.69) is 20.5 Å². The van der Waals surface area contributed by atoms with Gasteiger partial charge in [-0.2, -0.15) is 5.10 Å². The number of piperidine rings is 1. The summed E-state index contributed by atoms with van der Waals surface area (Å²) in [5.41, 5.74) is -0.832. The Morgan fingerprint density at radius 3 is 2.68 bits per heavy atom. The summed E-state index contributed by atoms with van der Waals surface area (Å²) in [6, 6.07) is 7.30. The molecule has 2 atom stereocenters. The highest BCUT2D eigenvalue weighted by Crippen LogP contribution is 2.40.